The van der Waals surface area contributed by atoms with Gasteiger partial charge in [0, 0.05) is 27.9 Å². The Bertz CT molecular complexity index is 987. The summed E-state index contributed by atoms with van der Waals surface area (Å²) in [7, 11) is 0. The average Bonchev–Trinajstić information content (AvgIpc) is 2.94. The largest absolute Gasteiger partial charge is 0.341 e. The molecule has 0 saturated carbocycles. The number of fused-ring (bicyclic) bond motifs is 3. The van der Waals surface area contributed by atoms with Gasteiger partial charge in [-0.15, -0.1) is 0 Å². The Morgan fingerprint density at radius 3 is 2.83 bits per heavy atom. The summed E-state index contributed by atoms with van der Waals surface area (Å²) < 4.78 is 0. The highest BCUT2D eigenvalue weighted by Gasteiger charge is 2.35. The third-order valence-corrected chi connectivity index (χ3v) is 4.51. The highest BCUT2D eigenvalue weighted by Crippen LogP contribution is 2.41. The SMILES string of the molecule is O=CNc1cc2ncccc2c2c1C(c1ccccc1Cl)NC2=O. The van der Waals surface area contributed by atoms with Gasteiger partial charge in [0.05, 0.1) is 17.1 Å². The van der Waals surface area contributed by atoms with E-state index in [0.717, 1.165) is 10.9 Å². The number of amides is 2. The first kappa shape index (κ1) is 14.7. The zero-order chi connectivity index (χ0) is 16.7. The van der Waals surface area contributed by atoms with Crippen LogP contribution in [0, 0.1) is 0 Å². The maximum Gasteiger partial charge on any atom is 0.253 e. The normalized spacial score (nSPS) is 15.9. The van der Waals surface area contributed by atoms with Crippen molar-refractivity contribution in [3.63, 3.8) is 0 Å². The zero-order valence-electron chi connectivity index (χ0n) is 12.4. The second kappa shape index (κ2) is 5.62. The van der Waals surface area contributed by atoms with Crippen LogP contribution in [0.5, 0.6) is 0 Å². The number of nitrogens with one attached hydrogen (secondary N) is 2. The Labute approximate surface area is 142 Å². The smallest absolute Gasteiger partial charge is 0.253 e. The Hall–Kier alpha value is -2.92. The molecular formula is C18H12ClN3O2. The van der Waals surface area contributed by atoms with E-state index in [1.54, 1.807) is 24.4 Å². The van der Waals surface area contributed by atoms with Gasteiger partial charge in [0.2, 0.25) is 6.41 Å². The van der Waals surface area contributed by atoms with Gasteiger partial charge in [-0.25, -0.2) is 0 Å². The number of carbonyl (C=O) groups is 2. The molecule has 3 aromatic rings. The minimum Gasteiger partial charge on any atom is -0.341 e. The number of halogens is 1. The lowest BCUT2D eigenvalue weighted by Gasteiger charge is -2.17. The molecule has 1 unspecified atom stereocenters. The fraction of sp³-hybridized carbons (Fsp3) is 0.0556. The number of nitrogens with zero attached hydrogens (tertiary/aromatic N) is 1. The number of rotatable bonds is 3. The lowest BCUT2D eigenvalue weighted by Crippen LogP contribution is -2.20. The van der Waals surface area contributed by atoms with Crippen LogP contribution in [0.1, 0.15) is 27.5 Å². The van der Waals surface area contributed by atoms with Crippen molar-refractivity contribution in [3.05, 3.63) is 70.4 Å². The third-order valence-electron chi connectivity index (χ3n) is 4.17. The van der Waals surface area contributed by atoms with Crippen LogP contribution in [0.3, 0.4) is 0 Å². The highest BCUT2D eigenvalue weighted by molar-refractivity contribution is 6.31. The topological polar surface area (TPSA) is 71.1 Å². The summed E-state index contributed by atoms with van der Waals surface area (Å²) in [5.41, 5.74) is 3.21. The monoisotopic (exact) mass is 337 g/mol. The summed E-state index contributed by atoms with van der Waals surface area (Å²) in [6.45, 7) is 0. The van der Waals surface area contributed by atoms with Crippen LogP contribution in [0.2, 0.25) is 5.02 Å². The average molecular weight is 338 g/mol. The fourth-order valence-electron chi connectivity index (χ4n) is 3.18. The first-order valence-corrected chi connectivity index (χ1v) is 7.75. The van der Waals surface area contributed by atoms with Crippen molar-refractivity contribution in [1.82, 2.24) is 10.3 Å². The Morgan fingerprint density at radius 2 is 2.04 bits per heavy atom. The van der Waals surface area contributed by atoms with Crippen LogP contribution >= 0.6 is 11.6 Å². The van der Waals surface area contributed by atoms with Crippen molar-refractivity contribution in [2.24, 2.45) is 0 Å². The third kappa shape index (κ3) is 2.13. The highest BCUT2D eigenvalue weighted by atomic mass is 35.5. The molecule has 24 heavy (non-hydrogen) atoms. The lowest BCUT2D eigenvalue weighted by molar-refractivity contribution is -0.105. The summed E-state index contributed by atoms with van der Waals surface area (Å²) in [4.78, 5) is 28.0. The predicted octanol–water partition coefficient (Wildman–Crippen LogP) is 3.29. The number of aromatic nitrogens is 1. The molecule has 1 aliphatic rings. The number of hydrogen-bond donors (Lipinski definition) is 2. The van der Waals surface area contributed by atoms with Gasteiger partial charge < -0.3 is 10.6 Å². The molecule has 2 N–H and O–H groups in total. The molecule has 0 saturated heterocycles. The molecule has 0 aliphatic carbocycles. The first-order valence-electron chi connectivity index (χ1n) is 7.38. The van der Waals surface area contributed by atoms with Crippen LogP contribution in [-0.4, -0.2) is 17.3 Å². The van der Waals surface area contributed by atoms with Gasteiger partial charge in [0.15, 0.2) is 0 Å². The molecule has 5 nitrogen and oxygen atoms in total. The predicted molar refractivity (Wildman–Crippen MR) is 92.2 cm³/mol. The summed E-state index contributed by atoms with van der Waals surface area (Å²) >= 11 is 6.31. The zero-order valence-corrected chi connectivity index (χ0v) is 13.2. The maximum atomic E-state index is 12.6. The van der Waals surface area contributed by atoms with Crippen LogP contribution in [0.15, 0.2) is 48.7 Å². The molecule has 2 amide bonds. The summed E-state index contributed by atoms with van der Waals surface area (Å²) in [5, 5.41) is 6.95. The Balaban J connectivity index is 2.04. The van der Waals surface area contributed by atoms with Gasteiger partial charge >= 0.3 is 0 Å². The van der Waals surface area contributed by atoms with Crippen molar-refractivity contribution in [2.45, 2.75) is 6.04 Å². The molecule has 0 spiro atoms. The van der Waals surface area contributed by atoms with E-state index in [1.165, 1.54) is 0 Å². The molecule has 1 atom stereocenters. The number of pyridine rings is 1. The van der Waals surface area contributed by atoms with Gasteiger partial charge in [-0.2, -0.15) is 0 Å². The molecule has 1 aliphatic heterocycles. The first-order chi connectivity index (χ1) is 11.7. The van der Waals surface area contributed by atoms with Gasteiger partial charge in [-0.05, 0) is 23.8 Å². The van der Waals surface area contributed by atoms with Crippen molar-refractivity contribution in [3.8, 4) is 0 Å². The lowest BCUT2D eigenvalue weighted by atomic mass is 9.94. The maximum absolute atomic E-state index is 12.6. The molecule has 1 aromatic heterocycles. The van der Waals surface area contributed by atoms with Crippen molar-refractivity contribution in [1.29, 1.82) is 0 Å². The summed E-state index contributed by atoms with van der Waals surface area (Å²) in [5.74, 6) is -0.206. The Morgan fingerprint density at radius 1 is 1.21 bits per heavy atom. The van der Waals surface area contributed by atoms with Crippen molar-refractivity contribution >= 4 is 40.5 Å². The molecule has 0 fully saturated rings. The molecule has 4 rings (SSSR count). The van der Waals surface area contributed by atoms with Gasteiger partial charge in [0.1, 0.15) is 0 Å². The van der Waals surface area contributed by atoms with E-state index in [-0.39, 0.29) is 5.91 Å². The van der Waals surface area contributed by atoms with E-state index >= 15 is 0 Å². The molecule has 0 radical (unpaired) electrons. The standard InChI is InChI=1S/C18H12ClN3O2/c19-12-6-2-1-4-10(12)17-16-14(21-9-23)8-13-11(5-3-7-20-13)15(16)18(24)22-17/h1-9,17H,(H,21,23)(H,22,24). The van der Waals surface area contributed by atoms with Crippen LogP contribution in [0.4, 0.5) is 5.69 Å². The van der Waals surface area contributed by atoms with E-state index in [1.807, 2.05) is 24.3 Å². The number of anilines is 1. The molecule has 0 bridgehead atoms. The minimum absolute atomic E-state index is 0.206. The van der Waals surface area contributed by atoms with Crippen LogP contribution < -0.4 is 10.6 Å². The van der Waals surface area contributed by atoms with Gasteiger partial charge in [0.25, 0.3) is 5.91 Å². The fourth-order valence-corrected chi connectivity index (χ4v) is 3.43. The Kier molecular flexibility index (Phi) is 3.43. The molecular weight excluding hydrogens is 326 g/mol. The van der Waals surface area contributed by atoms with Crippen molar-refractivity contribution < 1.29 is 9.59 Å². The second-order valence-electron chi connectivity index (χ2n) is 5.47. The van der Waals surface area contributed by atoms with Crippen molar-refractivity contribution in [2.75, 3.05) is 5.32 Å². The molecule has 118 valence electrons. The van der Waals surface area contributed by atoms with Crippen LogP contribution in [-0.2, 0) is 4.79 Å². The van der Waals surface area contributed by atoms with Gasteiger partial charge in [-0.3, -0.25) is 14.6 Å². The number of hydrogen-bond acceptors (Lipinski definition) is 3. The van der Waals surface area contributed by atoms with E-state index in [2.05, 4.69) is 15.6 Å². The quantitative estimate of drug-likeness (QED) is 0.720. The number of carbonyl (C=O) groups excluding carboxylic acids is 2. The van der Waals surface area contributed by atoms with Gasteiger partial charge in [-0.1, -0.05) is 35.9 Å². The van der Waals surface area contributed by atoms with Crippen LogP contribution in [0.25, 0.3) is 10.9 Å². The molecule has 2 heterocycles. The number of benzene rings is 2. The molecule has 2 aromatic carbocycles. The van der Waals surface area contributed by atoms with E-state index in [0.29, 0.717) is 33.8 Å². The molecule has 6 heteroatoms. The minimum atomic E-state index is -0.423. The summed E-state index contributed by atoms with van der Waals surface area (Å²) in [6.07, 6.45) is 2.24. The van der Waals surface area contributed by atoms with E-state index in [9.17, 15) is 9.59 Å². The van der Waals surface area contributed by atoms with E-state index in [4.69, 9.17) is 11.6 Å². The second-order valence-corrected chi connectivity index (χ2v) is 5.88. The van der Waals surface area contributed by atoms with E-state index < -0.39 is 6.04 Å². The summed E-state index contributed by atoms with van der Waals surface area (Å²) in [6, 6.07) is 12.3.